The average molecular weight is 591 g/mol. The van der Waals surface area contributed by atoms with E-state index in [1.54, 1.807) is 39.0 Å². The topological polar surface area (TPSA) is 151 Å². The number of carboxylic acids is 1. The fourth-order valence-corrected chi connectivity index (χ4v) is 5.28. The van der Waals surface area contributed by atoms with E-state index in [0.717, 1.165) is 6.08 Å². The van der Waals surface area contributed by atoms with Crippen molar-refractivity contribution in [2.75, 3.05) is 13.2 Å². The predicted octanol–water partition coefficient (Wildman–Crippen LogP) is 4.14. The molecule has 4 atom stereocenters. The highest BCUT2D eigenvalue weighted by atomic mass is 19.3. The zero-order valence-electron chi connectivity index (χ0n) is 23.8. The molecule has 1 saturated carbocycles. The normalized spacial score (nSPS) is 22.0. The summed E-state index contributed by atoms with van der Waals surface area (Å²) in [4.78, 5) is 46.6. The van der Waals surface area contributed by atoms with Gasteiger partial charge in [-0.25, -0.2) is 19.6 Å². The molecular weight excluding hydrogens is 554 g/mol. The smallest absolute Gasteiger partial charge is 0.408 e. The van der Waals surface area contributed by atoms with Crippen molar-refractivity contribution in [1.82, 2.24) is 20.2 Å². The Hall–Kier alpha value is -3.87. The Labute approximate surface area is 241 Å². The van der Waals surface area contributed by atoms with Crippen molar-refractivity contribution in [3.8, 4) is 5.88 Å². The minimum absolute atomic E-state index is 0.210. The largest absolute Gasteiger partial charge is 0.492 e. The third-order valence-corrected chi connectivity index (χ3v) is 7.45. The second-order valence-corrected chi connectivity index (χ2v) is 11.6. The summed E-state index contributed by atoms with van der Waals surface area (Å²) in [6, 6.07) is 4.39. The molecule has 42 heavy (non-hydrogen) atoms. The van der Waals surface area contributed by atoms with Gasteiger partial charge in [-0.05, 0) is 55.7 Å². The third kappa shape index (κ3) is 7.12. The minimum atomic E-state index is -3.61. The van der Waals surface area contributed by atoms with Crippen molar-refractivity contribution < 1.29 is 42.9 Å². The van der Waals surface area contributed by atoms with Crippen LogP contribution in [0, 0.1) is 5.41 Å². The number of halogens is 2. The van der Waals surface area contributed by atoms with E-state index < -0.39 is 65.2 Å². The van der Waals surface area contributed by atoms with Crippen molar-refractivity contribution in [2.24, 2.45) is 5.41 Å². The second-order valence-electron chi connectivity index (χ2n) is 11.6. The van der Waals surface area contributed by atoms with Gasteiger partial charge in [0.1, 0.15) is 18.2 Å². The highest BCUT2D eigenvalue weighted by molar-refractivity contribution is 5.90. The van der Waals surface area contributed by atoms with E-state index in [0.29, 0.717) is 38.2 Å². The third-order valence-electron chi connectivity index (χ3n) is 7.45. The lowest BCUT2D eigenvalue weighted by atomic mass is 9.85. The highest BCUT2D eigenvalue weighted by Gasteiger charge is 2.43. The fourth-order valence-electron chi connectivity index (χ4n) is 5.28. The van der Waals surface area contributed by atoms with Gasteiger partial charge in [0.05, 0.1) is 23.7 Å². The molecule has 1 aliphatic carbocycles. The Bertz CT molecular complexity index is 1350. The summed E-state index contributed by atoms with van der Waals surface area (Å²) >= 11 is 0. The van der Waals surface area contributed by atoms with Gasteiger partial charge in [0, 0.05) is 6.54 Å². The molecular formula is C29H36F2N4O7. The summed E-state index contributed by atoms with van der Waals surface area (Å²) in [7, 11) is 0. The number of nitrogens with one attached hydrogen (secondary N) is 1. The highest BCUT2D eigenvalue weighted by Crippen LogP contribution is 2.34. The van der Waals surface area contributed by atoms with Crippen LogP contribution in [-0.4, -0.2) is 80.5 Å². The summed E-state index contributed by atoms with van der Waals surface area (Å²) in [5.74, 6) is -6.05. The molecule has 2 fully saturated rings. The number of alkyl halides is 2. The van der Waals surface area contributed by atoms with Crippen molar-refractivity contribution >= 4 is 29.0 Å². The number of para-hydroxylation sites is 2. The molecule has 0 unspecified atom stereocenters. The maximum Gasteiger partial charge on any atom is 0.408 e. The molecule has 2 heterocycles. The molecule has 4 rings (SSSR count). The lowest BCUT2D eigenvalue weighted by Gasteiger charge is -2.35. The first-order valence-electron chi connectivity index (χ1n) is 13.9. The van der Waals surface area contributed by atoms with Gasteiger partial charge in [-0.3, -0.25) is 4.79 Å². The standard InChI is InChI=1S/C29H36F2N4O7/c1-28(2,3)23(25(37)35-15-7-11-19(35)26(38)39)34-27(40)42-21-13-6-12-20(21)41-16-8-14-29(30,31)22-24(36)33-18-10-5-4-9-17(18)32-22/h4-5,8-10,14,19-21,23H,6-7,11-13,15-16H2,1-3H3,(H,33,36)(H,34,40)(H,38,39)/b14-8+/t19-,20+,21+,23+/m0/s1. The number of likely N-dealkylation sites (tertiary alicyclic amines) is 1. The predicted molar refractivity (Wildman–Crippen MR) is 147 cm³/mol. The first-order valence-corrected chi connectivity index (χ1v) is 13.9. The Kier molecular flexibility index (Phi) is 9.29. The molecule has 3 N–H and O–H groups in total. The first kappa shape index (κ1) is 31.1. The molecule has 11 nitrogen and oxygen atoms in total. The van der Waals surface area contributed by atoms with E-state index in [2.05, 4.69) is 15.3 Å². The zero-order valence-corrected chi connectivity index (χ0v) is 23.8. The molecule has 2 amide bonds. The number of alkyl carbamates (subject to hydrolysis) is 1. The number of carboxylic acid groups (broad SMARTS) is 1. The molecule has 2 aromatic rings. The molecule has 1 aromatic heterocycles. The van der Waals surface area contributed by atoms with Crippen LogP contribution in [0.1, 0.15) is 58.6 Å². The Balaban J connectivity index is 1.34. The first-order chi connectivity index (χ1) is 19.8. The number of benzene rings is 1. The monoisotopic (exact) mass is 590 g/mol. The van der Waals surface area contributed by atoms with E-state index in [-0.39, 0.29) is 24.2 Å². The Morgan fingerprint density at radius 2 is 1.76 bits per heavy atom. The number of carbonyl (C=O) groups is 3. The van der Waals surface area contributed by atoms with Gasteiger partial charge in [-0.2, -0.15) is 8.78 Å². The second kappa shape index (κ2) is 12.6. The molecule has 1 aromatic carbocycles. The number of aromatic hydroxyl groups is 1. The molecule has 228 valence electrons. The van der Waals surface area contributed by atoms with Crippen molar-refractivity contribution in [2.45, 2.75) is 83.1 Å². The van der Waals surface area contributed by atoms with Gasteiger partial charge >= 0.3 is 18.0 Å². The maximum atomic E-state index is 14.8. The number of fused-ring (bicyclic) bond motifs is 1. The van der Waals surface area contributed by atoms with Crippen LogP contribution in [0.4, 0.5) is 13.6 Å². The van der Waals surface area contributed by atoms with Gasteiger partial charge in [0.15, 0.2) is 5.69 Å². The van der Waals surface area contributed by atoms with Crippen LogP contribution in [0.5, 0.6) is 5.88 Å². The summed E-state index contributed by atoms with van der Waals surface area (Å²) in [5, 5.41) is 22.1. The van der Waals surface area contributed by atoms with Crippen LogP contribution >= 0.6 is 0 Å². The molecule has 0 spiro atoms. The van der Waals surface area contributed by atoms with Gasteiger partial charge in [-0.1, -0.05) is 39.0 Å². The summed E-state index contributed by atoms with van der Waals surface area (Å²) in [6.07, 6.45) is 2.23. The Morgan fingerprint density at radius 3 is 2.43 bits per heavy atom. The number of ether oxygens (including phenoxy) is 2. The number of aliphatic carboxylic acids is 1. The Morgan fingerprint density at radius 1 is 1.10 bits per heavy atom. The van der Waals surface area contributed by atoms with Gasteiger partial charge in [0.2, 0.25) is 11.8 Å². The summed E-state index contributed by atoms with van der Waals surface area (Å²) < 4.78 is 40.9. The molecule has 2 aliphatic rings. The van der Waals surface area contributed by atoms with E-state index in [4.69, 9.17) is 9.47 Å². The lowest BCUT2D eigenvalue weighted by molar-refractivity contribution is -0.150. The summed E-state index contributed by atoms with van der Waals surface area (Å²) in [5.41, 5.74) is -1.09. The van der Waals surface area contributed by atoms with Crippen LogP contribution in [0.25, 0.3) is 11.0 Å². The number of nitrogens with zero attached hydrogens (tertiary/aromatic N) is 3. The van der Waals surface area contributed by atoms with Gasteiger partial charge in [0.25, 0.3) is 0 Å². The van der Waals surface area contributed by atoms with Crippen molar-refractivity contribution in [3.05, 3.63) is 42.1 Å². The minimum Gasteiger partial charge on any atom is -0.492 e. The van der Waals surface area contributed by atoms with Gasteiger partial charge in [-0.15, -0.1) is 0 Å². The molecule has 1 aliphatic heterocycles. The van der Waals surface area contributed by atoms with Crippen LogP contribution in [0.3, 0.4) is 0 Å². The van der Waals surface area contributed by atoms with Gasteiger partial charge < -0.3 is 29.9 Å². The van der Waals surface area contributed by atoms with Crippen LogP contribution < -0.4 is 5.32 Å². The van der Waals surface area contributed by atoms with Crippen LogP contribution in [0.2, 0.25) is 0 Å². The lowest BCUT2D eigenvalue weighted by Crippen LogP contribution is -2.57. The molecule has 1 saturated heterocycles. The maximum absolute atomic E-state index is 14.8. The number of rotatable bonds is 9. The molecule has 13 heteroatoms. The average Bonchev–Trinajstić information content (AvgIpc) is 3.58. The quantitative estimate of drug-likeness (QED) is 0.366. The van der Waals surface area contributed by atoms with E-state index in [1.807, 2.05) is 0 Å². The number of allylic oxidation sites excluding steroid dienone is 1. The number of carbonyl (C=O) groups excluding carboxylic acids is 2. The van der Waals surface area contributed by atoms with E-state index in [1.165, 1.54) is 11.0 Å². The summed E-state index contributed by atoms with van der Waals surface area (Å²) in [6.45, 7) is 5.35. The number of hydrogen-bond acceptors (Lipinski definition) is 8. The van der Waals surface area contributed by atoms with Crippen molar-refractivity contribution in [3.63, 3.8) is 0 Å². The fraction of sp³-hybridized carbons (Fsp3) is 0.552. The number of amides is 2. The molecule has 0 radical (unpaired) electrons. The SMILES string of the molecule is CC(C)(C)[C@H](NC(=O)O[C@@H]1CCC[C@H]1OC/C=C/C(F)(F)c1nc2ccccc2nc1O)C(=O)N1CCC[C@H]1C(=O)O. The molecule has 0 bridgehead atoms. The zero-order chi connectivity index (χ0) is 30.7. The number of aromatic nitrogens is 2. The van der Waals surface area contributed by atoms with Crippen LogP contribution in [0.15, 0.2) is 36.4 Å². The van der Waals surface area contributed by atoms with E-state index in [9.17, 15) is 33.4 Å². The van der Waals surface area contributed by atoms with Crippen molar-refractivity contribution in [1.29, 1.82) is 0 Å². The number of hydrogen-bond donors (Lipinski definition) is 3. The van der Waals surface area contributed by atoms with Crippen LogP contribution in [-0.2, 0) is 25.0 Å². The van der Waals surface area contributed by atoms with E-state index >= 15 is 0 Å².